The first kappa shape index (κ1) is 14.9. The Labute approximate surface area is 121 Å². The zero-order chi connectivity index (χ0) is 13.7. The summed E-state index contributed by atoms with van der Waals surface area (Å²) in [6.45, 7) is 3.35. The number of nitrogens with one attached hydrogen (secondary N) is 1. The number of aromatic nitrogens is 1. The van der Waals surface area contributed by atoms with Gasteiger partial charge in [-0.3, -0.25) is 4.98 Å². The summed E-state index contributed by atoms with van der Waals surface area (Å²) in [5.74, 6) is 0. The standard InChI is InChI=1S/C15H27N3S/c1-4-9-17-14(10-13-11-16-12-19-13)15(18(2)3)7-5-6-8-15/h11-12,14,17H,4-10H2,1-3H3. The molecule has 2 rings (SSSR count). The summed E-state index contributed by atoms with van der Waals surface area (Å²) in [6, 6.07) is 0.547. The van der Waals surface area contributed by atoms with E-state index in [1.54, 1.807) is 11.3 Å². The SMILES string of the molecule is CCCNC(Cc1cncs1)C1(N(C)C)CCCC1. The lowest BCUT2D eigenvalue weighted by Crippen LogP contribution is -2.58. The van der Waals surface area contributed by atoms with Crippen LogP contribution in [0, 0.1) is 0 Å². The topological polar surface area (TPSA) is 28.2 Å². The molecule has 1 fully saturated rings. The molecule has 1 atom stereocenters. The predicted molar refractivity (Wildman–Crippen MR) is 82.8 cm³/mol. The van der Waals surface area contributed by atoms with Gasteiger partial charge in [0.25, 0.3) is 0 Å². The smallest absolute Gasteiger partial charge is 0.0794 e. The van der Waals surface area contributed by atoms with Crippen molar-refractivity contribution in [1.82, 2.24) is 15.2 Å². The van der Waals surface area contributed by atoms with Crippen molar-refractivity contribution >= 4 is 11.3 Å². The molecule has 1 aliphatic carbocycles. The molecule has 0 aliphatic heterocycles. The van der Waals surface area contributed by atoms with Gasteiger partial charge in [-0.1, -0.05) is 19.8 Å². The summed E-state index contributed by atoms with van der Waals surface area (Å²) >= 11 is 1.78. The van der Waals surface area contributed by atoms with Crippen molar-refractivity contribution in [3.8, 4) is 0 Å². The highest BCUT2D eigenvalue weighted by Crippen LogP contribution is 2.38. The fourth-order valence-electron chi connectivity index (χ4n) is 3.41. The second-order valence-corrected chi connectivity index (χ2v) is 6.85. The summed E-state index contributed by atoms with van der Waals surface area (Å²) in [7, 11) is 4.50. The first-order chi connectivity index (χ1) is 9.19. The normalized spacial score (nSPS) is 20.0. The van der Waals surface area contributed by atoms with Gasteiger partial charge in [0.15, 0.2) is 0 Å². The highest BCUT2D eigenvalue weighted by molar-refractivity contribution is 7.09. The van der Waals surface area contributed by atoms with E-state index >= 15 is 0 Å². The molecule has 1 aliphatic rings. The van der Waals surface area contributed by atoms with Crippen molar-refractivity contribution in [2.24, 2.45) is 0 Å². The van der Waals surface area contributed by atoms with Gasteiger partial charge in [0, 0.05) is 29.1 Å². The second-order valence-electron chi connectivity index (χ2n) is 5.88. The number of rotatable bonds is 7. The highest BCUT2D eigenvalue weighted by atomic mass is 32.1. The first-order valence-corrected chi connectivity index (χ1v) is 8.35. The molecule has 1 unspecified atom stereocenters. The molecule has 0 amide bonds. The van der Waals surface area contributed by atoms with E-state index in [1.165, 1.54) is 37.0 Å². The molecule has 1 saturated carbocycles. The van der Waals surface area contributed by atoms with Crippen LogP contribution in [0.15, 0.2) is 11.7 Å². The number of nitrogens with zero attached hydrogens (tertiary/aromatic N) is 2. The maximum Gasteiger partial charge on any atom is 0.0794 e. The zero-order valence-electron chi connectivity index (χ0n) is 12.5. The summed E-state index contributed by atoms with van der Waals surface area (Å²) in [5.41, 5.74) is 2.28. The molecule has 1 heterocycles. The van der Waals surface area contributed by atoms with Crippen LogP contribution in [-0.2, 0) is 6.42 Å². The van der Waals surface area contributed by atoms with Gasteiger partial charge in [-0.25, -0.2) is 0 Å². The Hall–Kier alpha value is -0.450. The summed E-state index contributed by atoms with van der Waals surface area (Å²) < 4.78 is 0. The fourth-order valence-corrected chi connectivity index (χ4v) is 4.05. The average Bonchev–Trinajstić information content (AvgIpc) is 3.05. The Morgan fingerprint density at radius 2 is 2.16 bits per heavy atom. The lowest BCUT2D eigenvalue weighted by atomic mass is 9.84. The fraction of sp³-hybridized carbons (Fsp3) is 0.800. The molecule has 3 nitrogen and oxygen atoms in total. The number of likely N-dealkylation sites (N-methyl/N-ethyl adjacent to an activating group) is 1. The van der Waals surface area contributed by atoms with E-state index in [-0.39, 0.29) is 0 Å². The van der Waals surface area contributed by atoms with Crippen LogP contribution < -0.4 is 5.32 Å². The number of hydrogen-bond donors (Lipinski definition) is 1. The van der Waals surface area contributed by atoms with Crippen LogP contribution in [0.2, 0.25) is 0 Å². The molecule has 0 radical (unpaired) electrons. The van der Waals surface area contributed by atoms with Gasteiger partial charge in [-0.05, 0) is 39.9 Å². The third-order valence-electron chi connectivity index (χ3n) is 4.54. The maximum absolute atomic E-state index is 4.23. The summed E-state index contributed by atoms with van der Waals surface area (Å²) in [4.78, 5) is 8.10. The van der Waals surface area contributed by atoms with E-state index in [4.69, 9.17) is 0 Å². The minimum absolute atomic E-state index is 0.332. The van der Waals surface area contributed by atoms with Crippen LogP contribution >= 0.6 is 11.3 Å². The van der Waals surface area contributed by atoms with E-state index in [9.17, 15) is 0 Å². The van der Waals surface area contributed by atoms with Gasteiger partial charge in [-0.15, -0.1) is 11.3 Å². The average molecular weight is 281 g/mol. The Morgan fingerprint density at radius 3 is 2.68 bits per heavy atom. The van der Waals surface area contributed by atoms with Crippen LogP contribution in [0.5, 0.6) is 0 Å². The molecule has 1 aromatic rings. The van der Waals surface area contributed by atoms with Crippen molar-refractivity contribution in [1.29, 1.82) is 0 Å². The molecule has 1 aromatic heterocycles. The summed E-state index contributed by atoms with van der Waals surface area (Å²) in [5, 5.41) is 3.81. The van der Waals surface area contributed by atoms with Crippen LogP contribution in [0.3, 0.4) is 0 Å². The van der Waals surface area contributed by atoms with Gasteiger partial charge in [-0.2, -0.15) is 0 Å². The minimum atomic E-state index is 0.332. The zero-order valence-corrected chi connectivity index (χ0v) is 13.3. The Kier molecular flexibility index (Phi) is 5.37. The molecule has 108 valence electrons. The molecular formula is C15H27N3S. The van der Waals surface area contributed by atoms with E-state index in [1.807, 2.05) is 11.7 Å². The van der Waals surface area contributed by atoms with Crippen LogP contribution in [0.4, 0.5) is 0 Å². The maximum atomic E-state index is 4.23. The van der Waals surface area contributed by atoms with E-state index < -0.39 is 0 Å². The van der Waals surface area contributed by atoms with Gasteiger partial charge in [0.05, 0.1) is 5.51 Å². The van der Waals surface area contributed by atoms with Crippen molar-refractivity contribution in [2.75, 3.05) is 20.6 Å². The third-order valence-corrected chi connectivity index (χ3v) is 5.34. The third kappa shape index (κ3) is 3.36. The van der Waals surface area contributed by atoms with Gasteiger partial charge >= 0.3 is 0 Å². The molecular weight excluding hydrogens is 254 g/mol. The molecule has 0 spiro atoms. The molecule has 4 heteroatoms. The van der Waals surface area contributed by atoms with Gasteiger partial charge in [0.2, 0.25) is 0 Å². The van der Waals surface area contributed by atoms with Gasteiger partial charge < -0.3 is 10.2 Å². The second kappa shape index (κ2) is 6.82. The minimum Gasteiger partial charge on any atom is -0.312 e. The van der Waals surface area contributed by atoms with Crippen LogP contribution in [-0.4, -0.2) is 42.1 Å². The monoisotopic (exact) mass is 281 g/mol. The van der Waals surface area contributed by atoms with Crippen molar-refractivity contribution in [3.63, 3.8) is 0 Å². The van der Waals surface area contributed by atoms with Crippen LogP contribution in [0.25, 0.3) is 0 Å². The van der Waals surface area contributed by atoms with Crippen molar-refractivity contribution < 1.29 is 0 Å². The summed E-state index contributed by atoms with van der Waals surface area (Å²) in [6.07, 6.45) is 9.71. The lowest BCUT2D eigenvalue weighted by molar-refractivity contribution is 0.105. The highest BCUT2D eigenvalue weighted by Gasteiger charge is 2.42. The van der Waals surface area contributed by atoms with E-state index in [0.717, 1.165) is 13.0 Å². The Morgan fingerprint density at radius 1 is 1.42 bits per heavy atom. The first-order valence-electron chi connectivity index (χ1n) is 7.47. The van der Waals surface area contributed by atoms with Crippen LogP contribution in [0.1, 0.15) is 43.9 Å². The Balaban J connectivity index is 2.14. The van der Waals surface area contributed by atoms with Gasteiger partial charge in [0.1, 0.15) is 0 Å². The van der Waals surface area contributed by atoms with E-state index in [0.29, 0.717) is 11.6 Å². The van der Waals surface area contributed by atoms with Crippen molar-refractivity contribution in [2.45, 2.75) is 57.0 Å². The van der Waals surface area contributed by atoms with Crippen molar-refractivity contribution in [3.05, 3.63) is 16.6 Å². The Bertz CT molecular complexity index is 355. The molecule has 1 N–H and O–H groups in total. The lowest BCUT2D eigenvalue weighted by Gasteiger charge is -2.44. The molecule has 0 saturated heterocycles. The number of hydrogen-bond acceptors (Lipinski definition) is 4. The molecule has 19 heavy (non-hydrogen) atoms. The molecule has 0 aromatic carbocycles. The number of thiazole rings is 1. The largest absolute Gasteiger partial charge is 0.312 e. The predicted octanol–water partition coefficient (Wildman–Crippen LogP) is 2.93. The molecule has 0 bridgehead atoms. The van der Waals surface area contributed by atoms with E-state index in [2.05, 4.69) is 36.2 Å². The quantitative estimate of drug-likeness (QED) is 0.833.